The first kappa shape index (κ1) is 24.6. The van der Waals surface area contributed by atoms with Crippen LogP contribution in [0.2, 0.25) is 0 Å². The van der Waals surface area contributed by atoms with Crippen LogP contribution < -0.4 is 9.13 Å². The number of nitrogens with zero attached hydrogens (tertiary/aromatic N) is 2. The number of rotatable bonds is 15. The lowest BCUT2D eigenvalue weighted by Crippen LogP contribution is -2.32. The summed E-state index contributed by atoms with van der Waals surface area (Å²) >= 11 is 0. The molecule has 0 spiro atoms. The van der Waals surface area contributed by atoms with Crippen LogP contribution in [0.25, 0.3) is 0 Å². The summed E-state index contributed by atoms with van der Waals surface area (Å²) in [7, 11) is 0. The number of hydrogen-bond acceptors (Lipinski definition) is 0. The smallest absolute Gasteiger partial charge is 0.169 e. The monoisotopic (exact) mass is 410 g/mol. The van der Waals surface area contributed by atoms with Gasteiger partial charge in [0.2, 0.25) is 0 Å². The molecule has 2 heterocycles. The molecule has 0 aromatic carbocycles. The van der Waals surface area contributed by atoms with Crippen LogP contribution in [-0.4, -0.2) is 0 Å². The molecule has 2 heteroatoms. The highest BCUT2D eigenvalue weighted by Gasteiger charge is 2.05. The number of unbranched alkanes of at least 4 members (excludes halogenated alkanes) is 9. The van der Waals surface area contributed by atoms with E-state index in [0.717, 1.165) is 13.1 Å². The molecule has 0 bridgehead atoms. The van der Waals surface area contributed by atoms with Gasteiger partial charge in [0.15, 0.2) is 24.8 Å². The van der Waals surface area contributed by atoms with Gasteiger partial charge in [-0.25, -0.2) is 9.13 Å². The fourth-order valence-electron chi connectivity index (χ4n) is 4.01. The predicted molar refractivity (Wildman–Crippen MR) is 128 cm³/mol. The first-order chi connectivity index (χ1) is 14.6. The summed E-state index contributed by atoms with van der Waals surface area (Å²) in [6.07, 6.45) is 22.8. The zero-order valence-electron chi connectivity index (χ0n) is 20.2. The molecule has 0 N–H and O–H groups in total. The predicted octanol–water partition coefficient (Wildman–Crippen LogP) is 7.11. The highest BCUT2D eigenvalue weighted by Crippen LogP contribution is 2.13. The maximum absolute atomic E-state index is 2.34. The van der Waals surface area contributed by atoms with Gasteiger partial charge in [-0.3, -0.25) is 0 Å². The molecule has 0 aliphatic carbocycles. The lowest BCUT2D eigenvalue weighted by atomic mass is 10.1. The fourth-order valence-corrected chi connectivity index (χ4v) is 4.01. The number of aromatic nitrogens is 2. The van der Waals surface area contributed by atoms with Crippen molar-refractivity contribution in [1.82, 2.24) is 0 Å². The zero-order chi connectivity index (χ0) is 21.6. The quantitative estimate of drug-likeness (QED) is 0.218. The summed E-state index contributed by atoms with van der Waals surface area (Å²) in [6.45, 7) is 11.3. The van der Waals surface area contributed by atoms with Crippen molar-refractivity contribution in [2.24, 2.45) is 0 Å². The Morgan fingerprint density at radius 2 is 0.733 bits per heavy atom. The third kappa shape index (κ3) is 9.87. The number of hydrogen-bond donors (Lipinski definition) is 0. The molecular weight excluding hydrogens is 364 g/mol. The van der Waals surface area contributed by atoms with E-state index in [9.17, 15) is 0 Å². The molecule has 0 radical (unpaired) electrons. The molecule has 2 nitrogen and oxygen atoms in total. The number of pyridine rings is 2. The first-order valence-electron chi connectivity index (χ1n) is 12.5. The zero-order valence-corrected chi connectivity index (χ0v) is 20.2. The van der Waals surface area contributed by atoms with Gasteiger partial charge in [-0.1, -0.05) is 66.2 Å². The topological polar surface area (TPSA) is 7.76 Å². The maximum atomic E-state index is 2.34. The molecule has 0 saturated carbocycles. The van der Waals surface area contributed by atoms with Crippen molar-refractivity contribution in [3.63, 3.8) is 0 Å². The van der Waals surface area contributed by atoms with Gasteiger partial charge in [0.1, 0.15) is 13.1 Å². The van der Waals surface area contributed by atoms with E-state index in [0.29, 0.717) is 11.8 Å². The summed E-state index contributed by atoms with van der Waals surface area (Å²) in [6, 6.07) is 9.08. The second-order valence-corrected chi connectivity index (χ2v) is 9.58. The SMILES string of the molecule is CC(C)c1cc[n+](CCCCCCCCCCCC[n+]2ccc(C(C)C)cc2)cc1. The summed E-state index contributed by atoms with van der Waals surface area (Å²) in [5.74, 6) is 1.25. The maximum Gasteiger partial charge on any atom is 0.169 e. The molecule has 2 aromatic rings. The lowest BCUT2D eigenvalue weighted by molar-refractivity contribution is -0.697. The third-order valence-electron chi connectivity index (χ3n) is 6.25. The lowest BCUT2D eigenvalue weighted by Gasteiger charge is -2.04. The van der Waals surface area contributed by atoms with Gasteiger partial charge < -0.3 is 0 Å². The van der Waals surface area contributed by atoms with Crippen molar-refractivity contribution in [3.8, 4) is 0 Å². The van der Waals surface area contributed by atoms with Crippen molar-refractivity contribution in [2.75, 3.05) is 0 Å². The van der Waals surface area contributed by atoms with Gasteiger partial charge in [-0.05, 0) is 35.8 Å². The molecule has 0 aliphatic rings. The largest absolute Gasteiger partial charge is 0.205 e. The Morgan fingerprint density at radius 3 is 1.00 bits per heavy atom. The van der Waals surface area contributed by atoms with Crippen LogP contribution in [0, 0.1) is 0 Å². The van der Waals surface area contributed by atoms with Crippen molar-refractivity contribution in [3.05, 3.63) is 60.2 Å². The van der Waals surface area contributed by atoms with Crippen molar-refractivity contribution >= 4 is 0 Å². The van der Waals surface area contributed by atoms with E-state index in [2.05, 4.69) is 85.9 Å². The minimum Gasteiger partial charge on any atom is -0.205 e. The van der Waals surface area contributed by atoms with Crippen molar-refractivity contribution < 1.29 is 9.13 Å². The Balaban J connectivity index is 1.39. The Hall–Kier alpha value is -1.70. The van der Waals surface area contributed by atoms with Crippen molar-refractivity contribution in [2.45, 2.75) is 117 Å². The molecular formula is C28H46N2+2. The Kier molecular flexibility index (Phi) is 11.7. The van der Waals surface area contributed by atoms with Crippen LogP contribution in [0.3, 0.4) is 0 Å². The van der Waals surface area contributed by atoms with E-state index in [1.807, 2.05) is 0 Å². The normalized spacial score (nSPS) is 11.5. The third-order valence-corrected chi connectivity index (χ3v) is 6.25. The summed E-state index contributed by atoms with van der Waals surface area (Å²) in [5.41, 5.74) is 2.87. The van der Waals surface area contributed by atoms with Crippen LogP contribution in [0.1, 0.15) is 115 Å². The van der Waals surface area contributed by atoms with Gasteiger partial charge in [0, 0.05) is 37.1 Å². The molecule has 166 valence electrons. The Bertz CT molecular complexity index is 609. The second kappa shape index (κ2) is 14.3. The molecule has 2 aromatic heterocycles. The van der Waals surface area contributed by atoms with Crippen LogP contribution in [-0.2, 0) is 13.1 Å². The molecule has 0 atom stereocenters. The van der Waals surface area contributed by atoms with Crippen molar-refractivity contribution in [1.29, 1.82) is 0 Å². The summed E-state index contributed by atoms with van der Waals surface area (Å²) in [5, 5.41) is 0. The average molecular weight is 411 g/mol. The van der Waals surface area contributed by atoms with E-state index < -0.39 is 0 Å². The van der Waals surface area contributed by atoms with E-state index in [-0.39, 0.29) is 0 Å². The Morgan fingerprint density at radius 1 is 0.467 bits per heavy atom. The minimum atomic E-state index is 0.625. The summed E-state index contributed by atoms with van der Waals surface area (Å²) in [4.78, 5) is 0. The van der Waals surface area contributed by atoms with Gasteiger partial charge in [-0.2, -0.15) is 0 Å². The average Bonchev–Trinajstić information content (AvgIpc) is 2.75. The van der Waals surface area contributed by atoms with E-state index in [4.69, 9.17) is 0 Å². The van der Waals surface area contributed by atoms with Gasteiger partial charge in [0.05, 0.1) is 0 Å². The molecule has 2 rings (SSSR count). The molecule has 30 heavy (non-hydrogen) atoms. The van der Waals surface area contributed by atoms with Crippen LogP contribution in [0.4, 0.5) is 0 Å². The first-order valence-corrected chi connectivity index (χ1v) is 12.5. The highest BCUT2D eigenvalue weighted by atomic mass is 14.9. The highest BCUT2D eigenvalue weighted by molar-refractivity contribution is 5.12. The molecule has 0 saturated heterocycles. The number of aryl methyl sites for hydroxylation is 2. The standard InChI is InChI=1S/C28H46N2/c1-25(2)27-15-21-29(22-16-27)19-13-11-9-7-5-6-8-10-12-14-20-30-23-17-28(18-24-30)26(3)4/h15-18,21-26H,5-14,19-20H2,1-4H3/q+2. The van der Waals surface area contributed by atoms with Gasteiger partial charge in [0.25, 0.3) is 0 Å². The molecule has 0 aliphatic heterocycles. The molecule has 0 amide bonds. The second-order valence-electron chi connectivity index (χ2n) is 9.58. The Labute approximate surface area is 186 Å². The molecule has 0 fully saturated rings. The minimum absolute atomic E-state index is 0.625. The van der Waals surface area contributed by atoms with Crippen LogP contribution in [0.15, 0.2) is 49.1 Å². The van der Waals surface area contributed by atoms with E-state index in [1.165, 1.54) is 75.3 Å². The van der Waals surface area contributed by atoms with E-state index in [1.54, 1.807) is 0 Å². The summed E-state index contributed by atoms with van der Waals surface area (Å²) < 4.78 is 4.67. The van der Waals surface area contributed by atoms with Crippen LogP contribution >= 0.6 is 0 Å². The molecule has 0 unspecified atom stereocenters. The van der Waals surface area contributed by atoms with Crippen LogP contribution in [0.5, 0.6) is 0 Å². The van der Waals surface area contributed by atoms with Gasteiger partial charge in [-0.15, -0.1) is 0 Å². The van der Waals surface area contributed by atoms with E-state index >= 15 is 0 Å². The van der Waals surface area contributed by atoms with Gasteiger partial charge >= 0.3 is 0 Å². The fraction of sp³-hybridized carbons (Fsp3) is 0.643.